The smallest absolute Gasteiger partial charge is 0.324 e. The summed E-state index contributed by atoms with van der Waals surface area (Å²) in [5.41, 5.74) is 3.05. The van der Waals surface area contributed by atoms with Crippen LogP contribution in [0.5, 0.6) is 5.75 Å². The van der Waals surface area contributed by atoms with E-state index < -0.39 is 16.1 Å². The maximum Gasteiger partial charge on any atom is 0.324 e. The lowest BCUT2D eigenvalue weighted by molar-refractivity contribution is -0.123. The van der Waals surface area contributed by atoms with Crippen molar-refractivity contribution in [2.45, 2.75) is 57.3 Å². The molecule has 2 aliphatic heterocycles. The number of thiocarbonyl (C=S) groups is 1. The first-order valence-electron chi connectivity index (χ1n) is 11.4. The van der Waals surface area contributed by atoms with Crippen LogP contribution >= 0.6 is 12.2 Å². The maximum absolute atomic E-state index is 13.0. The van der Waals surface area contributed by atoms with E-state index in [9.17, 15) is 18.0 Å². The minimum atomic E-state index is -3.86. The molecule has 0 fully saturated rings. The molecule has 186 valence electrons. The zero-order chi connectivity index (χ0) is 25.0. The molecule has 0 spiro atoms. The topological polar surface area (TPSA) is 117 Å². The van der Waals surface area contributed by atoms with Crippen molar-refractivity contribution in [3.63, 3.8) is 0 Å². The number of sulfonamides is 1. The average Bonchev–Trinajstić information content (AvgIpc) is 3.10. The minimum absolute atomic E-state index is 0.000464. The number of nitrogens with one attached hydrogen (secondary N) is 3. The van der Waals surface area contributed by atoms with E-state index in [0.717, 1.165) is 11.1 Å². The van der Waals surface area contributed by atoms with Crippen molar-refractivity contribution in [3.05, 3.63) is 34.4 Å². The van der Waals surface area contributed by atoms with Crippen molar-refractivity contribution < 1.29 is 22.7 Å². The number of rotatable bonds is 7. The summed E-state index contributed by atoms with van der Waals surface area (Å²) in [4.78, 5) is 26.4. The van der Waals surface area contributed by atoms with Gasteiger partial charge >= 0.3 is 6.03 Å². The van der Waals surface area contributed by atoms with E-state index >= 15 is 0 Å². The van der Waals surface area contributed by atoms with E-state index in [4.69, 9.17) is 17.0 Å². The Morgan fingerprint density at radius 2 is 2.00 bits per heavy atom. The second-order valence-corrected chi connectivity index (χ2v) is 10.5. The molecule has 0 aromatic heterocycles. The zero-order valence-corrected chi connectivity index (χ0v) is 21.6. The number of aryl methyl sites for hydroxylation is 1. The number of hydrogen-bond acceptors (Lipinski definition) is 6. The molecule has 2 heterocycles. The number of hydrogen-bond donors (Lipinski definition) is 3. The Bertz CT molecular complexity index is 1130. The van der Waals surface area contributed by atoms with Crippen LogP contribution in [0.3, 0.4) is 0 Å². The molecule has 0 saturated heterocycles. The van der Waals surface area contributed by atoms with Crippen molar-refractivity contribution in [1.82, 2.24) is 20.3 Å². The van der Waals surface area contributed by atoms with Crippen molar-refractivity contribution in [2.75, 3.05) is 26.7 Å². The van der Waals surface area contributed by atoms with Crippen molar-refractivity contribution in [1.29, 1.82) is 0 Å². The Hall–Kier alpha value is -2.66. The number of fused-ring (bicyclic) bond motifs is 1. The molecule has 2 aliphatic rings. The maximum atomic E-state index is 13.0. The zero-order valence-electron chi connectivity index (χ0n) is 20.0. The van der Waals surface area contributed by atoms with Crippen LogP contribution in [-0.2, 0) is 21.2 Å². The number of amides is 3. The number of urea groups is 1. The molecule has 1 aromatic carbocycles. The van der Waals surface area contributed by atoms with Crippen LogP contribution in [0.2, 0.25) is 0 Å². The van der Waals surface area contributed by atoms with Gasteiger partial charge in [0.15, 0.2) is 5.11 Å². The van der Waals surface area contributed by atoms with Crippen LogP contribution in [0.15, 0.2) is 28.2 Å². The molecule has 3 rings (SSSR count). The van der Waals surface area contributed by atoms with Gasteiger partial charge in [0.2, 0.25) is 0 Å². The van der Waals surface area contributed by atoms with Crippen molar-refractivity contribution >= 4 is 39.3 Å². The predicted molar refractivity (Wildman–Crippen MR) is 133 cm³/mol. The largest absolute Gasteiger partial charge is 0.493 e. The molecule has 1 unspecified atom stereocenters. The highest BCUT2D eigenvalue weighted by Gasteiger charge is 2.32. The van der Waals surface area contributed by atoms with E-state index in [2.05, 4.69) is 15.4 Å². The molecule has 3 amide bonds. The van der Waals surface area contributed by atoms with Gasteiger partial charge in [0.25, 0.3) is 15.9 Å². The molecular weight excluding hydrogens is 476 g/mol. The van der Waals surface area contributed by atoms with Crippen LogP contribution in [0.1, 0.15) is 57.1 Å². The second kappa shape index (κ2) is 10.7. The van der Waals surface area contributed by atoms with E-state index in [0.29, 0.717) is 62.3 Å². The number of carbonyl (C=O) groups excluding carboxylic acids is 2. The summed E-state index contributed by atoms with van der Waals surface area (Å²) in [7, 11) is -2.31. The third-order valence-corrected chi connectivity index (χ3v) is 8.13. The number of benzene rings is 1. The molecule has 34 heavy (non-hydrogen) atoms. The second-order valence-electron chi connectivity index (χ2n) is 8.39. The summed E-state index contributed by atoms with van der Waals surface area (Å²) in [6.45, 7) is 6.84. The fourth-order valence-electron chi connectivity index (χ4n) is 4.40. The molecule has 11 heteroatoms. The number of nitrogens with zero attached hydrogens (tertiary/aromatic N) is 1. The molecule has 0 bridgehead atoms. The van der Waals surface area contributed by atoms with Gasteiger partial charge in [0, 0.05) is 19.2 Å². The van der Waals surface area contributed by atoms with Crippen LogP contribution < -0.4 is 20.1 Å². The van der Waals surface area contributed by atoms with E-state index in [1.807, 2.05) is 20.8 Å². The predicted octanol–water partition coefficient (Wildman–Crippen LogP) is 2.57. The number of carbonyl (C=O) groups is 2. The van der Waals surface area contributed by atoms with Crippen molar-refractivity contribution in [2.24, 2.45) is 0 Å². The first-order chi connectivity index (χ1) is 16.1. The molecular formula is C23H32N4O5S2. The third kappa shape index (κ3) is 5.35. The molecule has 3 N–H and O–H groups in total. The average molecular weight is 509 g/mol. The highest BCUT2D eigenvalue weighted by molar-refractivity contribution is 7.91. The Balaban J connectivity index is 1.74. The van der Waals surface area contributed by atoms with Gasteiger partial charge in [-0.05, 0) is 79.6 Å². The van der Waals surface area contributed by atoms with Crippen LogP contribution in [0.4, 0.5) is 4.79 Å². The lowest BCUT2D eigenvalue weighted by Gasteiger charge is -2.28. The SMILES string of the molecule is CCC1=C(C)CN(C(=O)NCCC2CCOc3cc(CC)c(S(=O)(=O)NC(=S)NC)cc32)C1=O. The highest BCUT2D eigenvalue weighted by atomic mass is 32.2. The van der Waals surface area contributed by atoms with Gasteiger partial charge in [-0.2, -0.15) is 0 Å². The van der Waals surface area contributed by atoms with Gasteiger partial charge in [-0.25, -0.2) is 13.2 Å². The summed E-state index contributed by atoms with van der Waals surface area (Å²) in [6, 6.07) is 3.03. The number of ether oxygens (including phenoxy) is 1. The fourth-order valence-corrected chi connectivity index (χ4v) is 6.01. The van der Waals surface area contributed by atoms with Gasteiger partial charge in [-0.3, -0.25) is 14.4 Å². The Labute approximate surface area is 206 Å². The first kappa shape index (κ1) is 26.0. The third-order valence-electron chi connectivity index (χ3n) is 6.26. The highest BCUT2D eigenvalue weighted by Crippen LogP contribution is 2.39. The normalized spacial score (nSPS) is 17.8. The molecule has 1 atom stereocenters. The van der Waals surface area contributed by atoms with E-state index in [-0.39, 0.29) is 21.8 Å². The summed E-state index contributed by atoms with van der Waals surface area (Å²) < 4.78 is 34.1. The molecule has 0 saturated carbocycles. The van der Waals surface area contributed by atoms with E-state index in [1.54, 1.807) is 19.2 Å². The number of imide groups is 1. The summed E-state index contributed by atoms with van der Waals surface area (Å²) in [5.74, 6) is 0.431. The van der Waals surface area contributed by atoms with Gasteiger partial charge in [-0.15, -0.1) is 0 Å². The molecule has 1 aromatic rings. The monoisotopic (exact) mass is 508 g/mol. The Morgan fingerprint density at radius 3 is 2.62 bits per heavy atom. The van der Waals surface area contributed by atoms with E-state index in [1.165, 1.54) is 4.90 Å². The fraction of sp³-hybridized carbons (Fsp3) is 0.522. The van der Waals surface area contributed by atoms with Crippen molar-refractivity contribution in [3.8, 4) is 5.75 Å². The summed E-state index contributed by atoms with van der Waals surface area (Å²) in [6.07, 6.45) is 2.40. The standard InChI is InChI=1S/C23H32N4O5S2/c1-5-15-11-19-18(12-20(15)34(30,31)26-22(33)24-4)16(8-10-32-19)7-9-25-23(29)27-13-14(3)17(6-2)21(27)28/h11-12,16H,5-10,13H2,1-4H3,(H,25,29)(H2,24,26,33). The first-order valence-corrected chi connectivity index (χ1v) is 13.3. The van der Waals surface area contributed by atoms with Crippen LogP contribution in [0.25, 0.3) is 0 Å². The quantitative estimate of drug-likeness (QED) is 0.485. The lowest BCUT2D eigenvalue weighted by Crippen LogP contribution is -2.42. The van der Waals surface area contributed by atoms with Crippen LogP contribution in [-0.4, -0.2) is 57.1 Å². The molecule has 0 aliphatic carbocycles. The summed E-state index contributed by atoms with van der Waals surface area (Å²) >= 11 is 4.99. The van der Waals surface area contributed by atoms with Crippen LogP contribution in [0, 0.1) is 0 Å². The Morgan fingerprint density at radius 1 is 1.26 bits per heavy atom. The molecule has 9 nitrogen and oxygen atoms in total. The summed E-state index contributed by atoms with van der Waals surface area (Å²) in [5, 5.41) is 5.48. The van der Waals surface area contributed by atoms with Gasteiger partial charge in [-0.1, -0.05) is 13.8 Å². The minimum Gasteiger partial charge on any atom is -0.493 e. The van der Waals surface area contributed by atoms with Gasteiger partial charge in [0.05, 0.1) is 18.0 Å². The molecule has 0 radical (unpaired) electrons. The Kier molecular flexibility index (Phi) is 8.19. The van der Waals surface area contributed by atoms with Gasteiger partial charge in [0.1, 0.15) is 5.75 Å². The van der Waals surface area contributed by atoms with Gasteiger partial charge < -0.3 is 15.4 Å². The lowest BCUT2D eigenvalue weighted by atomic mass is 9.89.